The maximum absolute atomic E-state index is 12.9. The van der Waals surface area contributed by atoms with Crippen molar-refractivity contribution in [2.75, 3.05) is 16.7 Å². The first-order valence-corrected chi connectivity index (χ1v) is 11.1. The summed E-state index contributed by atoms with van der Waals surface area (Å²) in [4.78, 5) is 17.3. The van der Waals surface area contributed by atoms with Gasteiger partial charge in [-0.05, 0) is 67.1 Å². The highest BCUT2D eigenvalue weighted by atomic mass is 32.2. The molecule has 0 aliphatic heterocycles. The Morgan fingerprint density at radius 3 is 2.32 bits per heavy atom. The van der Waals surface area contributed by atoms with Crippen LogP contribution in [0, 0.1) is 6.92 Å². The number of hydrogen-bond donors (Lipinski definition) is 1. The van der Waals surface area contributed by atoms with Crippen molar-refractivity contribution in [3.05, 3.63) is 96.2 Å². The SMILES string of the molecule is Cc1ccc(NC(=O)c2ccc(S(=O)(=O)N(C)c3ccccc3)cc2)c2cccnc12. The number of nitrogens with zero attached hydrogens (tertiary/aromatic N) is 2. The Morgan fingerprint density at radius 2 is 1.61 bits per heavy atom. The van der Waals surface area contributed by atoms with E-state index in [-0.39, 0.29) is 10.8 Å². The fourth-order valence-corrected chi connectivity index (χ4v) is 4.53. The number of aromatic nitrogens is 1. The topological polar surface area (TPSA) is 79.4 Å². The molecule has 0 spiro atoms. The Bertz CT molecular complexity index is 1350. The van der Waals surface area contributed by atoms with Crippen LogP contribution in [0.15, 0.2) is 90.0 Å². The second-order valence-corrected chi connectivity index (χ2v) is 9.09. The summed E-state index contributed by atoms with van der Waals surface area (Å²) in [6.07, 6.45) is 1.71. The van der Waals surface area contributed by atoms with Gasteiger partial charge < -0.3 is 5.32 Å². The Hall–Kier alpha value is -3.71. The summed E-state index contributed by atoms with van der Waals surface area (Å²) in [7, 11) is -2.23. The van der Waals surface area contributed by atoms with Gasteiger partial charge in [-0.25, -0.2) is 8.42 Å². The summed E-state index contributed by atoms with van der Waals surface area (Å²) < 4.78 is 27.0. The monoisotopic (exact) mass is 431 g/mol. The Morgan fingerprint density at radius 1 is 0.903 bits per heavy atom. The van der Waals surface area contributed by atoms with Gasteiger partial charge in [-0.3, -0.25) is 14.1 Å². The van der Waals surface area contributed by atoms with Gasteiger partial charge in [0.05, 0.1) is 21.8 Å². The van der Waals surface area contributed by atoms with Crippen molar-refractivity contribution in [1.29, 1.82) is 0 Å². The molecule has 31 heavy (non-hydrogen) atoms. The predicted molar refractivity (Wildman–Crippen MR) is 123 cm³/mol. The summed E-state index contributed by atoms with van der Waals surface area (Å²) >= 11 is 0. The molecule has 1 N–H and O–H groups in total. The number of rotatable bonds is 5. The van der Waals surface area contributed by atoms with Crippen LogP contribution in [-0.2, 0) is 10.0 Å². The molecule has 1 aromatic heterocycles. The second-order valence-electron chi connectivity index (χ2n) is 7.12. The first-order valence-electron chi connectivity index (χ1n) is 9.67. The Kier molecular flexibility index (Phi) is 5.44. The zero-order valence-electron chi connectivity index (χ0n) is 17.1. The number of benzene rings is 3. The average Bonchev–Trinajstić information content (AvgIpc) is 2.81. The van der Waals surface area contributed by atoms with Gasteiger partial charge in [-0.2, -0.15) is 0 Å². The molecular formula is C24H21N3O3S. The van der Waals surface area contributed by atoms with Crippen molar-refractivity contribution in [3.8, 4) is 0 Å². The molecule has 0 unspecified atom stereocenters. The van der Waals surface area contributed by atoms with E-state index in [1.165, 1.54) is 35.6 Å². The van der Waals surface area contributed by atoms with Crippen LogP contribution in [-0.4, -0.2) is 26.4 Å². The molecule has 1 heterocycles. The van der Waals surface area contributed by atoms with Crippen molar-refractivity contribution >= 4 is 38.2 Å². The molecule has 0 saturated heterocycles. The molecule has 156 valence electrons. The molecule has 0 radical (unpaired) electrons. The van der Waals surface area contributed by atoms with Crippen molar-refractivity contribution < 1.29 is 13.2 Å². The molecule has 1 amide bonds. The number of amides is 1. The lowest BCUT2D eigenvalue weighted by Gasteiger charge is -2.19. The van der Waals surface area contributed by atoms with Gasteiger partial charge in [-0.15, -0.1) is 0 Å². The fraction of sp³-hybridized carbons (Fsp3) is 0.0833. The van der Waals surface area contributed by atoms with Crippen LogP contribution in [0.4, 0.5) is 11.4 Å². The molecule has 6 nitrogen and oxygen atoms in total. The number of carbonyl (C=O) groups is 1. The number of anilines is 2. The van der Waals surface area contributed by atoms with Crippen molar-refractivity contribution in [3.63, 3.8) is 0 Å². The summed E-state index contributed by atoms with van der Waals surface area (Å²) in [5.74, 6) is -0.325. The van der Waals surface area contributed by atoms with Gasteiger partial charge >= 0.3 is 0 Å². The third-order valence-electron chi connectivity index (χ3n) is 5.11. The van der Waals surface area contributed by atoms with E-state index in [0.29, 0.717) is 16.9 Å². The standard InChI is InChI=1S/C24H21N3O3S/c1-17-10-15-22(21-9-6-16-25-23(17)21)26-24(28)18-11-13-20(14-12-18)31(29,30)27(2)19-7-4-3-5-8-19/h3-16H,1-2H3,(H,26,28). The maximum Gasteiger partial charge on any atom is 0.264 e. The minimum absolute atomic E-state index is 0.111. The van der Waals surface area contributed by atoms with Gasteiger partial charge in [0, 0.05) is 24.2 Å². The minimum atomic E-state index is -3.73. The molecule has 4 aromatic rings. The lowest BCUT2D eigenvalue weighted by molar-refractivity contribution is 0.102. The zero-order chi connectivity index (χ0) is 22.0. The number of fused-ring (bicyclic) bond motifs is 1. The van der Waals surface area contributed by atoms with Crippen molar-refractivity contribution in [2.45, 2.75) is 11.8 Å². The predicted octanol–water partition coefficient (Wildman–Crippen LogP) is 4.62. The Balaban J connectivity index is 1.57. The van der Waals surface area contributed by atoms with Gasteiger partial charge in [-0.1, -0.05) is 24.3 Å². The maximum atomic E-state index is 12.9. The molecule has 3 aromatic carbocycles. The number of aryl methyl sites for hydroxylation is 1. The number of sulfonamides is 1. The van der Waals surface area contributed by atoms with Gasteiger partial charge in [0.25, 0.3) is 15.9 Å². The minimum Gasteiger partial charge on any atom is -0.321 e. The summed E-state index contributed by atoms with van der Waals surface area (Å²) in [6, 6.07) is 22.2. The number of carbonyl (C=O) groups excluding carboxylic acids is 1. The number of pyridine rings is 1. The third-order valence-corrected chi connectivity index (χ3v) is 6.91. The van der Waals surface area contributed by atoms with Gasteiger partial charge in [0.2, 0.25) is 0 Å². The largest absolute Gasteiger partial charge is 0.321 e. The Labute approximate surface area is 181 Å². The molecule has 0 bridgehead atoms. The van der Waals surface area contributed by atoms with E-state index < -0.39 is 10.0 Å². The first-order chi connectivity index (χ1) is 14.9. The molecule has 0 atom stereocenters. The molecular weight excluding hydrogens is 410 g/mol. The van der Waals surface area contributed by atoms with Gasteiger partial charge in [0.1, 0.15) is 0 Å². The number of nitrogens with one attached hydrogen (secondary N) is 1. The number of para-hydroxylation sites is 1. The number of hydrogen-bond acceptors (Lipinski definition) is 4. The zero-order valence-corrected chi connectivity index (χ0v) is 17.9. The van der Waals surface area contributed by atoms with Crippen LogP contribution >= 0.6 is 0 Å². The molecule has 0 fully saturated rings. The van der Waals surface area contributed by atoms with E-state index in [9.17, 15) is 13.2 Å². The van der Waals surface area contributed by atoms with E-state index >= 15 is 0 Å². The van der Waals surface area contributed by atoms with Crippen LogP contribution < -0.4 is 9.62 Å². The van der Waals surface area contributed by atoms with Gasteiger partial charge in [0.15, 0.2) is 0 Å². The van der Waals surface area contributed by atoms with Crippen molar-refractivity contribution in [1.82, 2.24) is 4.98 Å². The highest BCUT2D eigenvalue weighted by Crippen LogP contribution is 2.26. The van der Waals surface area contributed by atoms with Crippen LogP contribution in [0.3, 0.4) is 0 Å². The quantitative estimate of drug-likeness (QED) is 0.500. The summed E-state index contributed by atoms with van der Waals surface area (Å²) in [5.41, 5.74) is 3.42. The molecule has 0 aliphatic rings. The van der Waals surface area contributed by atoms with E-state index in [1.807, 2.05) is 37.3 Å². The van der Waals surface area contributed by atoms with E-state index in [4.69, 9.17) is 0 Å². The van der Waals surface area contributed by atoms with Crippen LogP contribution in [0.5, 0.6) is 0 Å². The van der Waals surface area contributed by atoms with E-state index in [2.05, 4.69) is 10.3 Å². The lowest BCUT2D eigenvalue weighted by Crippen LogP contribution is -2.26. The molecule has 4 rings (SSSR count). The lowest BCUT2D eigenvalue weighted by atomic mass is 10.1. The van der Waals surface area contributed by atoms with Crippen LogP contribution in [0.2, 0.25) is 0 Å². The van der Waals surface area contributed by atoms with E-state index in [1.54, 1.807) is 30.5 Å². The van der Waals surface area contributed by atoms with Crippen molar-refractivity contribution in [2.24, 2.45) is 0 Å². The highest BCUT2D eigenvalue weighted by Gasteiger charge is 2.21. The average molecular weight is 432 g/mol. The molecule has 0 aliphatic carbocycles. The summed E-state index contributed by atoms with van der Waals surface area (Å²) in [6.45, 7) is 1.96. The normalized spacial score (nSPS) is 11.3. The summed E-state index contributed by atoms with van der Waals surface area (Å²) in [5, 5.41) is 3.74. The van der Waals surface area contributed by atoms with Crippen LogP contribution in [0.1, 0.15) is 15.9 Å². The van der Waals surface area contributed by atoms with E-state index in [0.717, 1.165) is 16.5 Å². The fourth-order valence-electron chi connectivity index (χ4n) is 3.33. The van der Waals surface area contributed by atoms with Crippen LogP contribution in [0.25, 0.3) is 10.9 Å². The smallest absolute Gasteiger partial charge is 0.264 e. The third kappa shape index (κ3) is 4.00. The molecule has 7 heteroatoms. The second kappa shape index (κ2) is 8.20. The first kappa shape index (κ1) is 20.6. The molecule has 0 saturated carbocycles. The highest BCUT2D eigenvalue weighted by molar-refractivity contribution is 7.92.